The highest BCUT2D eigenvalue weighted by atomic mass is 19.1. The monoisotopic (exact) mass is 448 g/mol. The summed E-state index contributed by atoms with van der Waals surface area (Å²) in [5.74, 6) is 0.0228. The summed E-state index contributed by atoms with van der Waals surface area (Å²) in [5, 5.41) is 2.98. The summed E-state index contributed by atoms with van der Waals surface area (Å²) in [6.07, 6.45) is 0.639. The standard InChI is InChI=1S/C27H29FN2O3/c1-3-26(31)30(19-22-9-13-23(28)14-10-22)25(17-20-7-5-4-6-8-20)27(32)29-18-21-11-15-24(33-2)16-12-21/h4-16,25H,3,17-19H2,1-2H3,(H,29,32). The molecule has 0 aliphatic heterocycles. The molecule has 0 saturated carbocycles. The van der Waals surface area contributed by atoms with E-state index in [1.165, 1.54) is 12.1 Å². The summed E-state index contributed by atoms with van der Waals surface area (Å²) >= 11 is 0. The molecule has 1 atom stereocenters. The third-order valence-electron chi connectivity index (χ3n) is 5.47. The molecular weight excluding hydrogens is 419 g/mol. The number of hydrogen-bond acceptors (Lipinski definition) is 3. The molecule has 0 spiro atoms. The minimum absolute atomic E-state index is 0.139. The predicted molar refractivity (Wildman–Crippen MR) is 126 cm³/mol. The minimum atomic E-state index is -0.705. The van der Waals surface area contributed by atoms with Crippen LogP contribution >= 0.6 is 0 Å². The van der Waals surface area contributed by atoms with E-state index in [1.54, 1.807) is 31.1 Å². The number of nitrogens with zero attached hydrogens (tertiary/aromatic N) is 1. The zero-order valence-corrected chi connectivity index (χ0v) is 19.0. The van der Waals surface area contributed by atoms with Crippen molar-refractivity contribution < 1.29 is 18.7 Å². The number of rotatable bonds is 10. The quantitative estimate of drug-likeness (QED) is 0.497. The van der Waals surface area contributed by atoms with Crippen molar-refractivity contribution in [3.05, 3.63) is 101 Å². The first-order chi connectivity index (χ1) is 16.0. The third-order valence-corrected chi connectivity index (χ3v) is 5.47. The van der Waals surface area contributed by atoms with E-state index in [2.05, 4.69) is 5.32 Å². The van der Waals surface area contributed by atoms with Crippen LogP contribution in [-0.2, 0) is 29.1 Å². The fourth-order valence-electron chi connectivity index (χ4n) is 3.59. The number of methoxy groups -OCH3 is 1. The smallest absolute Gasteiger partial charge is 0.243 e. The van der Waals surface area contributed by atoms with Crippen molar-refractivity contribution in [2.24, 2.45) is 0 Å². The van der Waals surface area contributed by atoms with Gasteiger partial charge in [0.05, 0.1) is 7.11 Å². The summed E-state index contributed by atoms with van der Waals surface area (Å²) in [5.41, 5.74) is 2.64. The van der Waals surface area contributed by atoms with Crippen LogP contribution in [0.15, 0.2) is 78.9 Å². The second-order valence-electron chi connectivity index (χ2n) is 7.77. The Bertz CT molecular complexity index is 1040. The van der Waals surface area contributed by atoms with Crippen molar-refractivity contribution in [3.8, 4) is 5.75 Å². The molecule has 0 fully saturated rings. The van der Waals surface area contributed by atoms with E-state index in [0.717, 1.165) is 22.4 Å². The Morgan fingerprint density at radius 1 is 0.909 bits per heavy atom. The summed E-state index contributed by atoms with van der Waals surface area (Å²) in [7, 11) is 1.60. The molecular formula is C27H29FN2O3. The van der Waals surface area contributed by atoms with Crippen molar-refractivity contribution in [1.29, 1.82) is 0 Å². The van der Waals surface area contributed by atoms with Crippen LogP contribution in [0.5, 0.6) is 5.75 Å². The Labute approximate surface area is 194 Å². The van der Waals surface area contributed by atoms with E-state index in [-0.39, 0.29) is 30.6 Å². The molecule has 0 radical (unpaired) electrons. The topological polar surface area (TPSA) is 58.6 Å². The first-order valence-electron chi connectivity index (χ1n) is 11.0. The molecule has 0 aliphatic carbocycles. The van der Waals surface area contributed by atoms with Crippen molar-refractivity contribution in [2.75, 3.05) is 7.11 Å². The number of benzene rings is 3. The number of hydrogen-bond donors (Lipinski definition) is 1. The molecule has 6 heteroatoms. The van der Waals surface area contributed by atoms with Crippen LogP contribution in [0.3, 0.4) is 0 Å². The molecule has 33 heavy (non-hydrogen) atoms. The highest BCUT2D eigenvalue weighted by molar-refractivity contribution is 5.88. The number of carbonyl (C=O) groups excluding carboxylic acids is 2. The number of ether oxygens (including phenoxy) is 1. The predicted octanol–water partition coefficient (Wildman–Crippen LogP) is 4.50. The normalized spacial score (nSPS) is 11.5. The molecule has 1 N–H and O–H groups in total. The van der Waals surface area contributed by atoms with Gasteiger partial charge in [-0.2, -0.15) is 0 Å². The maximum atomic E-state index is 13.4. The first-order valence-corrected chi connectivity index (χ1v) is 11.0. The van der Waals surface area contributed by atoms with Gasteiger partial charge in [-0.05, 0) is 41.0 Å². The summed E-state index contributed by atoms with van der Waals surface area (Å²) in [6.45, 7) is 2.33. The Morgan fingerprint density at radius 2 is 1.55 bits per heavy atom. The van der Waals surface area contributed by atoms with E-state index >= 15 is 0 Å². The van der Waals surface area contributed by atoms with Crippen molar-refractivity contribution in [2.45, 2.75) is 38.9 Å². The van der Waals surface area contributed by atoms with Gasteiger partial charge in [0.2, 0.25) is 11.8 Å². The number of amides is 2. The minimum Gasteiger partial charge on any atom is -0.497 e. The summed E-state index contributed by atoms with van der Waals surface area (Å²) in [4.78, 5) is 27.9. The van der Waals surface area contributed by atoms with E-state index in [9.17, 15) is 14.0 Å². The Morgan fingerprint density at radius 3 is 2.15 bits per heavy atom. The lowest BCUT2D eigenvalue weighted by Crippen LogP contribution is -2.50. The average molecular weight is 449 g/mol. The van der Waals surface area contributed by atoms with Crippen LogP contribution in [0.25, 0.3) is 0 Å². The van der Waals surface area contributed by atoms with Crippen molar-refractivity contribution >= 4 is 11.8 Å². The Hall–Kier alpha value is -3.67. The molecule has 3 aromatic rings. The highest BCUT2D eigenvalue weighted by Crippen LogP contribution is 2.17. The highest BCUT2D eigenvalue weighted by Gasteiger charge is 2.29. The van der Waals surface area contributed by atoms with Crippen LogP contribution in [0.1, 0.15) is 30.0 Å². The fourth-order valence-corrected chi connectivity index (χ4v) is 3.59. The zero-order valence-electron chi connectivity index (χ0n) is 19.0. The Balaban J connectivity index is 1.83. The largest absolute Gasteiger partial charge is 0.497 e. The summed E-state index contributed by atoms with van der Waals surface area (Å²) in [6, 6.07) is 22.4. The van der Waals surface area contributed by atoms with Gasteiger partial charge < -0.3 is 15.0 Å². The lowest BCUT2D eigenvalue weighted by atomic mass is 10.0. The lowest BCUT2D eigenvalue weighted by molar-refractivity contribution is -0.141. The SMILES string of the molecule is CCC(=O)N(Cc1ccc(F)cc1)C(Cc1ccccc1)C(=O)NCc1ccc(OC)cc1. The molecule has 0 saturated heterocycles. The maximum absolute atomic E-state index is 13.4. The molecule has 0 aromatic heterocycles. The molecule has 3 aromatic carbocycles. The van der Waals surface area contributed by atoms with Crippen LogP contribution in [0.2, 0.25) is 0 Å². The molecule has 0 aliphatic rings. The molecule has 5 nitrogen and oxygen atoms in total. The van der Waals surface area contributed by atoms with Gasteiger partial charge >= 0.3 is 0 Å². The Kier molecular flexibility index (Phi) is 8.58. The zero-order chi connectivity index (χ0) is 23.6. The van der Waals surface area contributed by atoms with E-state index in [1.807, 2.05) is 54.6 Å². The van der Waals surface area contributed by atoms with Crippen LogP contribution in [-0.4, -0.2) is 29.9 Å². The van der Waals surface area contributed by atoms with Gasteiger partial charge in [-0.25, -0.2) is 4.39 Å². The summed E-state index contributed by atoms with van der Waals surface area (Å²) < 4.78 is 18.6. The molecule has 3 rings (SSSR count). The lowest BCUT2D eigenvalue weighted by Gasteiger charge is -2.31. The number of nitrogens with one attached hydrogen (secondary N) is 1. The van der Waals surface area contributed by atoms with Gasteiger partial charge in [0, 0.05) is 25.9 Å². The second kappa shape index (κ2) is 11.8. The molecule has 0 bridgehead atoms. The van der Waals surface area contributed by atoms with E-state index < -0.39 is 6.04 Å². The third kappa shape index (κ3) is 6.91. The fraction of sp³-hybridized carbons (Fsp3) is 0.259. The molecule has 172 valence electrons. The van der Waals surface area contributed by atoms with Gasteiger partial charge in [0.25, 0.3) is 0 Å². The van der Waals surface area contributed by atoms with Gasteiger partial charge in [0.1, 0.15) is 17.6 Å². The first kappa shape index (κ1) is 24.0. The van der Waals surface area contributed by atoms with Crippen LogP contribution in [0.4, 0.5) is 4.39 Å². The second-order valence-corrected chi connectivity index (χ2v) is 7.77. The molecule has 2 amide bonds. The van der Waals surface area contributed by atoms with Gasteiger partial charge in [0.15, 0.2) is 0 Å². The van der Waals surface area contributed by atoms with Gasteiger partial charge in [-0.15, -0.1) is 0 Å². The van der Waals surface area contributed by atoms with Crippen molar-refractivity contribution in [3.63, 3.8) is 0 Å². The van der Waals surface area contributed by atoms with Gasteiger partial charge in [-0.1, -0.05) is 61.5 Å². The molecule has 0 heterocycles. The van der Waals surface area contributed by atoms with Crippen LogP contribution in [0, 0.1) is 5.82 Å². The number of halogens is 1. The van der Waals surface area contributed by atoms with E-state index in [0.29, 0.717) is 13.0 Å². The molecule has 1 unspecified atom stereocenters. The maximum Gasteiger partial charge on any atom is 0.243 e. The average Bonchev–Trinajstić information content (AvgIpc) is 2.86. The van der Waals surface area contributed by atoms with Crippen LogP contribution < -0.4 is 10.1 Å². The van der Waals surface area contributed by atoms with Crippen molar-refractivity contribution in [1.82, 2.24) is 10.2 Å². The van der Waals surface area contributed by atoms with E-state index in [4.69, 9.17) is 4.74 Å². The number of carbonyl (C=O) groups is 2. The van der Waals surface area contributed by atoms with Gasteiger partial charge in [-0.3, -0.25) is 9.59 Å².